The number of non-ortho nitro benzene ring substituents is 1. The number of nitrogens with one attached hydrogen (secondary N) is 3. The summed E-state index contributed by atoms with van der Waals surface area (Å²) in [6.07, 6.45) is 4.69. The number of anilines is 1. The van der Waals surface area contributed by atoms with Crippen LogP contribution in [0.1, 0.15) is 41.7 Å². The Bertz CT molecular complexity index is 1490. The van der Waals surface area contributed by atoms with Gasteiger partial charge in [0.25, 0.3) is 11.6 Å². The monoisotopic (exact) mass is 511 g/mol. The summed E-state index contributed by atoms with van der Waals surface area (Å²) in [5, 5.41) is 23.2. The molecule has 10 heteroatoms. The molecule has 2 amide bonds. The van der Waals surface area contributed by atoms with Crippen molar-refractivity contribution < 1.29 is 19.7 Å². The third-order valence-corrected chi connectivity index (χ3v) is 7.04. The largest absolute Gasteiger partial charge is 0.341 e. The summed E-state index contributed by atoms with van der Waals surface area (Å²) in [6, 6.07) is 20.2. The van der Waals surface area contributed by atoms with E-state index in [1.54, 1.807) is 42.0 Å². The number of nitro groups is 1. The van der Waals surface area contributed by atoms with E-state index in [9.17, 15) is 24.9 Å². The molecule has 1 fully saturated rings. The average Bonchev–Trinajstić information content (AvgIpc) is 3.64. The Morgan fingerprint density at radius 1 is 0.974 bits per heavy atom. The summed E-state index contributed by atoms with van der Waals surface area (Å²) in [5.41, 5.74) is 4.33. The van der Waals surface area contributed by atoms with Gasteiger partial charge in [0.05, 0.1) is 16.0 Å². The molecule has 10 nitrogen and oxygen atoms in total. The van der Waals surface area contributed by atoms with Crippen molar-refractivity contribution in [2.45, 2.75) is 31.1 Å². The number of carbonyl (C=O) groups excluding carboxylic acids is 2. The number of imidazole rings is 1. The number of rotatable bonds is 7. The molecular formula is C28H25N5O5. The number of hydrogen-bond donors (Lipinski definition) is 4. The minimum absolute atomic E-state index is 0.00969. The fraction of sp³-hybridized carbons (Fsp3) is 0.179. The third-order valence-electron chi connectivity index (χ3n) is 7.04. The van der Waals surface area contributed by atoms with E-state index < -0.39 is 16.2 Å². The molecule has 1 aromatic heterocycles. The van der Waals surface area contributed by atoms with Gasteiger partial charge in [0, 0.05) is 35.1 Å². The summed E-state index contributed by atoms with van der Waals surface area (Å²) in [6.45, 7) is 0. The molecule has 0 saturated heterocycles. The van der Waals surface area contributed by atoms with Crippen LogP contribution in [0, 0.1) is 10.1 Å². The highest BCUT2D eigenvalue weighted by Gasteiger charge is 2.44. The van der Waals surface area contributed by atoms with E-state index in [4.69, 9.17) is 0 Å². The van der Waals surface area contributed by atoms with Gasteiger partial charge in [-0.3, -0.25) is 24.9 Å². The van der Waals surface area contributed by atoms with Crippen molar-refractivity contribution in [3.8, 4) is 22.5 Å². The van der Waals surface area contributed by atoms with E-state index >= 15 is 0 Å². The van der Waals surface area contributed by atoms with Gasteiger partial charge in [-0.25, -0.2) is 10.5 Å². The molecule has 0 spiro atoms. The van der Waals surface area contributed by atoms with Gasteiger partial charge in [0.2, 0.25) is 5.91 Å². The van der Waals surface area contributed by atoms with Gasteiger partial charge >= 0.3 is 0 Å². The number of benzene rings is 3. The van der Waals surface area contributed by atoms with E-state index in [0.717, 1.165) is 18.4 Å². The van der Waals surface area contributed by atoms with Crippen molar-refractivity contribution in [3.63, 3.8) is 0 Å². The van der Waals surface area contributed by atoms with Crippen molar-refractivity contribution in [2.75, 3.05) is 5.32 Å². The predicted molar refractivity (Wildman–Crippen MR) is 141 cm³/mol. The van der Waals surface area contributed by atoms with Crippen molar-refractivity contribution in [3.05, 3.63) is 100 Å². The number of aromatic amines is 1. The molecule has 0 radical (unpaired) electrons. The van der Waals surface area contributed by atoms with Gasteiger partial charge in [-0.15, -0.1) is 0 Å². The van der Waals surface area contributed by atoms with Crippen LogP contribution in [0.25, 0.3) is 22.5 Å². The molecule has 4 N–H and O–H groups in total. The zero-order valence-corrected chi connectivity index (χ0v) is 20.3. The lowest BCUT2D eigenvalue weighted by Crippen LogP contribution is -2.38. The Labute approximate surface area is 217 Å². The first-order valence-electron chi connectivity index (χ1n) is 12.2. The average molecular weight is 512 g/mol. The zero-order chi connectivity index (χ0) is 26.7. The first kappa shape index (κ1) is 24.8. The molecule has 1 saturated carbocycles. The van der Waals surface area contributed by atoms with E-state index in [1.165, 1.54) is 12.1 Å². The van der Waals surface area contributed by atoms with Crippen LogP contribution in [0.4, 0.5) is 11.4 Å². The van der Waals surface area contributed by atoms with Crippen LogP contribution in [0.2, 0.25) is 0 Å². The van der Waals surface area contributed by atoms with Gasteiger partial charge in [-0.2, -0.15) is 0 Å². The van der Waals surface area contributed by atoms with Crippen LogP contribution in [-0.2, 0) is 10.2 Å². The van der Waals surface area contributed by atoms with Gasteiger partial charge < -0.3 is 10.3 Å². The Hall–Kier alpha value is -4.83. The number of carbonyl (C=O) groups is 2. The molecule has 38 heavy (non-hydrogen) atoms. The quantitative estimate of drug-likeness (QED) is 0.152. The molecule has 1 aliphatic rings. The molecule has 0 atom stereocenters. The second-order valence-corrected chi connectivity index (χ2v) is 9.26. The molecule has 5 rings (SSSR count). The first-order valence-corrected chi connectivity index (χ1v) is 12.2. The van der Waals surface area contributed by atoms with E-state index in [-0.39, 0.29) is 17.2 Å². The van der Waals surface area contributed by atoms with Crippen molar-refractivity contribution >= 4 is 23.2 Å². The van der Waals surface area contributed by atoms with E-state index in [1.807, 2.05) is 30.3 Å². The first-order chi connectivity index (χ1) is 18.4. The summed E-state index contributed by atoms with van der Waals surface area (Å²) in [5.74, 6) is -0.308. The molecule has 3 aromatic carbocycles. The number of nitro benzene ring substituents is 1. The Balaban J connectivity index is 1.45. The predicted octanol–water partition coefficient (Wildman–Crippen LogP) is 5.22. The van der Waals surface area contributed by atoms with Crippen LogP contribution < -0.4 is 10.8 Å². The van der Waals surface area contributed by atoms with Crippen LogP contribution >= 0.6 is 0 Å². The van der Waals surface area contributed by atoms with Gasteiger partial charge in [-0.05, 0) is 54.3 Å². The Morgan fingerprint density at radius 3 is 2.34 bits per heavy atom. The molecule has 1 heterocycles. The van der Waals surface area contributed by atoms with Gasteiger partial charge in [0.1, 0.15) is 5.82 Å². The van der Waals surface area contributed by atoms with Crippen LogP contribution in [0.15, 0.2) is 79.0 Å². The third kappa shape index (κ3) is 4.64. The highest BCUT2D eigenvalue weighted by Crippen LogP contribution is 2.42. The maximum atomic E-state index is 13.8. The lowest BCUT2D eigenvalue weighted by atomic mass is 9.82. The number of hydrogen-bond acceptors (Lipinski definition) is 6. The molecule has 0 unspecified atom stereocenters. The van der Waals surface area contributed by atoms with Crippen LogP contribution in [0.5, 0.6) is 0 Å². The van der Waals surface area contributed by atoms with Crippen molar-refractivity contribution in [1.82, 2.24) is 15.4 Å². The van der Waals surface area contributed by atoms with Crippen molar-refractivity contribution in [1.29, 1.82) is 0 Å². The zero-order valence-electron chi connectivity index (χ0n) is 20.3. The maximum Gasteiger partial charge on any atom is 0.275 e. The Kier molecular flexibility index (Phi) is 6.71. The molecule has 1 aliphatic carbocycles. The topological polar surface area (TPSA) is 150 Å². The number of aromatic nitrogens is 2. The maximum absolute atomic E-state index is 13.8. The Morgan fingerprint density at radius 2 is 1.68 bits per heavy atom. The van der Waals surface area contributed by atoms with E-state index in [2.05, 4.69) is 15.3 Å². The highest BCUT2D eigenvalue weighted by molar-refractivity contribution is 6.03. The molecule has 4 aromatic rings. The smallest absolute Gasteiger partial charge is 0.275 e. The summed E-state index contributed by atoms with van der Waals surface area (Å²) >= 11 is 0. The summed E-state index contributed by atoms with van der Waals surface area (Å²) in [7, 11) is 0. The number of hydroxylamine groups is 1. The summed E-state index contributed by atoms with van der Waals surface area (Å²) < 4.78 is 0. The second-order valence-electron chi connectivity index (χ2n) is 9.26. The molecule has 0 aliphatic heterocycles. The molecular weight excluding hydrogens is 486 g/mol. The number of H-pyrrole nitrogens is 1. The standard InChI is InChI=1S/C28H25N5O5/c34-26(32-36)22-13-10-20(16-23(22)18-6-2-1-3-7-18)30-27(35)28(14-4-5-15-28)24-17-29-25(31-24)19-8-11-21(12-9-19)33(37)38/h1-3,6-13,16-17,36H,4-5,14-15H2,(H,29,31)(H,30,35)(H,32,34). The van der Waals surface area contributed by atoms with Crippen LogP contribution in [0.3, 0.4) is 0 Å². The second kappa shape index (κ2) is 10.3. The highest BCUT2D eigenvalue weighted by atomic mass is 16.6. The van der Waals surface area contributed by atoms with Gasteiger partial charge in [-0.1, -0.05) is 43.2 Å². The van der Waals surface area contributed by atoms with Gasteiger partial charge in [0.15, 0.2) is 0 Å². The lowest BCUT2D eigenvalue weighted by molar-refractivity contribution is -0.384. The van der Waals surface area contributed by atoms with Crippen LogP contribution in [-0.4, -0.2) is 31.9 Å². The number of nitrogens with zero attached hydrogens (tertiary/aromatic N) is 2. The fourth-order valence-electron chi connectivity index (χ4n) is 5.04. The van der Waals surface area contributed by atoms with Crippen molar-refractivity contribution in [2.24, 2.45) is 0 Å². The molecule has 192 valence electrons. The van der Waals surface area contributed by atoms with E-state index in [0.29, 0.717) is 41.2 Å². The molecule has 0 bridgehead atoms. The lowest BCUT2D eigenvalue weighted by Gasteiger charge is -2.26. The fourth-order valence-corrected chi connectivity index (χ4v) is 5.04. The minimum Gasteiger partial charge on any atom is -0.341 e. The SMILES string of the molecule is O=C(NO)c1ccc(NC(=O)C2(c3cnc(-c4ccc([N+](=O)[O-])cc4)[nH]3)CCCC2)cc1-c1ccccc1. The summed E-state index contributed by atoms with van der Waals surface area (Å²) in [4.78, 5) is 44.3. The minimum atomic E-state index is -0.819. The normalized spacial score (nSPS) is 14.1. The number of amides is 2.